The van der Waals surface area contributed by atoms with Gasteiger partial charge >= 0.3 is 5.97 Å². The van der Waals surface area contributed by atoms with Gasteiger partial charge in [-0.2, -0.15) is 0 Å². The van der Waals surface area contributed by atoms with Gasteiger partial charge in [-0.1, -0.05) is 19.4 Å². The SMILES string of the molecule is CCCC(NC(=O)c1sc(-c2ccccn2)nc1C)C(=O)O. The van der Waals surface area contributed by atoms with Crippen LogP contribution in [0.4, 0.5) is 0 Å². The van der Waals surface area contributed by atoms with Crippen LogP contribution in [0, 0.1) is 6.92 Å². The van der Waals surface area contributed by atoms with E-state index in [0.29, 0.717) is 34.1 Å². The number of aromatic nitrogens is 2. The molecule has 0 radical (unpaired) electrons. The lowest BCUT2D eigenvalue weighted by atomic mass is 10.1. The van der Waals surface area contributed by atoms with Gasteiger partial charge in [-0.15, -0.1) is 11.3 Å². The molecule has 116 valence electrons. The van der Waals surface area contributed by atoms with E-state index in [-0.39, 0.29) is 0 Å². The maximum atomic E-state index is 12.3. The predicted octanol–water partition coefficient (Wildman–Crippen LogP) is 2.50. The van der Waals surface area contributed by atoms with Gasteiger partial charge in [0.25, 0.3) is 5.91 Å². The molecule has 0 aliphatic carbocycles. The maximum Gasteiger partial charge on any atom is 0.326 e. The summed E-state index contributed by atoms with van der Waals surface area (Å²) in [7, 11) is 0. The van der Waals surface area contributed by atoms with Gasteiger partial charge in [-0.3, -0.25) is 9.78 Å². The Bertz CT molecular complexity index is 670. The Balaban J connectivity index is 2.20. The van der Waals surface area contributed by atoms with Crippen molar-refractivity contribution in [3.8, 4) is 10.7 Å². The average molecular weight is 319 g/mol. The zero-order valence-electron chi connectivity index (χ0n) is 12.4. The first-order valence-corrected chi connectivity index (χ1v) is 7.77. The summed E-state index contributed by atoms with van der Waals surface area (Å²) in [6.45, 7) is 3.60. The molecule has 0 aromatic carbocycles. The number of rotatable bonds is 6. The summed E-state index contributed by atoms with van der Waals surface area (Å²) in [6.07, 6.45) is 2.73. The minimum atomic E-state index is -1.03. The minimum Gasteiger partial charge on any atom is -0.480 e. The van der Waals surface area contributed by atoms with Crippen molar-refractivity contribution in [2.75, 3.05) is 0 Å². The molecule has 2 aromatic rings. The number of aliphatic carboxylic acids is 1. The Morgan fingerprint density at radius 1 is 1.41 bits per heavy atom. The third-order valence-electron chi connectivity index (χ3n) is 3.07. The third-order valence-corrected chi connectivity index (χ3v) is 4.25. The number of thiazole rings is 1. The van der Waals surface area contributed by atoms with Crippen LogP contribution in [0.15, 0.2) is 24.4 Å². The molecule has 1 amide bonds. The molecule has 2 rings (SSSR count). The van der Waals surface area contributed by atoms with Gasteiger partial charge in [-0.05, 0) is 25.5 Å². The number of nitrogens with one attached hydrogen (secondary N) is 1. The first kappa shape index (κ1) is 16.1. The summed E-state index contributed by atoms with van der Waals surface area (Å²) >= 11 is 1.21. The second-order valence-corrected chi connectivity index (χ2v) is 5.80. The summed E-state index contributed by atoms with van der Waals surface area (Å²) < 4.78 is 0. The van der Waals surface area contributed by atoms with Gasteiger partial charge in [0.2, 0.25) is 0 Å². The lowest BCUT2D eigenvalue weighted by Crippen LogP contribution is -2.40. The summed E-state index contributed by atoms with van der Waals surface area (Å²) in [4.78, 5) is 32.4. The van der Waals surface area contributed by atoms with Crippen LogP contribution in [0.1, 0.15) is 35.1 Å². The van der Waals surface area contributed by atoms with Crippen molar-refractivity contribution in [3.63, 3.8) is 0 Å². The second-order valence-electron chi connectivity index (χ2n) is 4.80. The van der Waals surface area contributed by atoms with E-state index >= 15 is 0 Å². The molecule has 2 heterocycles. The minimum absolute atomic E-state index is 0.395. The van der Waals surface area contributed by atoms with Crippen LogP contribution in [0.5, 0.6) is 0 Å². The fourth-order valence-electron chi connectivity index (χ4n) is 1.98. The third kappa shape index (κ3) is 3.67. The van der Waals surface area contributed by atoms with E-state index in [1.165, 1.54) is 11.3 Å². The van der Waals surface area contributed by atoms with Crippen molar-refractivity contribution >= 4 is 23.2 Å². The van der Waals surface area contributed by atoms with E-state index in [1.807, 2.05) is 19.1 Å². The molecule has 7 heteroatoms. The molecular weight excluding hydrogens is 302 g/mol. The Labute approximate surface area is 132 Å². The smallest absolute Gasteiger partial charge is 0.326 e. The monoisotopic (exact) mass is 319 g/mol. The molecule has 0 bridgehead atoms. The molecule has 0 fully saturated rings. The van der Waals surface area contributed by atoms with Crippen LogP contribution in [0.2, 0.25) is 0 Å². The van der Waals surface area contributed by atoms with Crippen LogP contribution >= 0.6 is 11.3 Å². The van der Waals surface area contributed by atoms with Gasteiger partial charge in [0.1, 0.15) is 15.9 Å². The molecule has 0 aliphatic heterocycles. The van der Waals surface area contributed by atoms with Crippen molar-refractivity contribution in [1.82, 2.24) is 15.3 Å². The topological polar surface area (TPSA) is 92.2 Å². The standard InChI is InChI=1S/C15H17N3O3S/c1-3-6-11(15(20)21)18-13(19)12-9(2)17-14(22-12)10-7-4-5-8-16-10/h4-5,7-8,11H,3,6H2,1-2H3,(H,18,19)(H,20,21). The molecule has 0 spiro atoms. The van der Waals surface area contributed by atoms with Crippen LogP contribution in [0.3, 0.4) is 0 Å². The molecule has 2 aromatic heterocycles. The average Bonchev–Trinajstić information content (AvgIpc) is 2.89. The van der Waals surface area contributed by atoms with Crippen LogP contribution in [0.25, 0.3) is 10.7 Å². The number of carboxylic acid groups (broad SMARTS) is 1. The Morgan fingerprint density at radius 3 is 2.77 bits per heavy atom. The molecule has 1 unspecified atom stereocenters. The van der Waals surface area contributed by atoms with E-state index in [2.05, 4.69) is 15.3 Å². The Kier molecular flexibility index (Phi) is 5.21. The Morgan fingerprint density at radius 2 is 2.18 bits per heavy atom. The maximum absolute atomic E-state index is 12.3. The molecule has 0 saturated carbocycles. The van der Waals surface area contributed by atoms with Crippen molar-refractivity contribution in [1.29, 1.82) is 0 Å². The largest absolute Gasteiger partial charge is 0.480 e. The van der Waals surface area contributed by atoms with Crippen LogP contribution < -0.4 is 5.32 Å². The molecule has 0 saturated heterocycles. The lowest BCUT2D eigenvalue weighted by Gasteiger charge is -2.12. The van der Waals surface area contributed by atoms with E-state index in [0.717, 1.165) is 0 Å². The highest BCUT2D eigenvalue weighted by Crippen LogP contribution is 2.26. The fraction of sp³-hybridized carbons (Fsp3) is 0.333. The van der Waals surface area contributed by atoms with Crippen molar-refractivity contribution in [2.45, 2.75) is 32.7 Å². The predicted molar refractivity (Wildman–Crippen MR) is 83.9 cm³/mol. The first-order chi connectivity index (χ1) is 10.5. The second kappa shape index (κ2) is 7.13. The molecule has 2 N–H and O–H groups in total. The van der Waals surface area contributed by atoms with Crippen LogP contribution in [-0.2, 0) is 4.79 Å². The number of hydrogen-bond acceptors (Lipinski definition) is 5. The lowest BCUT2D eigenvalue weighted by molar-refractivity contribution is -0.139. The number of hydrogen-bond donors (Lipinski definition) is 2. The number of amides is 1. The van der Waals surface area contributed by atoms with Crippen molar-refractivity contribution in [2.24, 2.45) is 0 Å². The highest BCUT2D eigenvalue weighted by atomic mass is 32.1. The molecule has 6 nitrogen and oxygen atoms in total. The van der Waals surface area contributed by atoms with E-state index in [4.69, 9.17) is 5.11 Å². The number of aryl methyl sites for hydroxylation is 1. The van der Waals surface area contributed by atoms with Crippen molar-refractivity contribution in [3.05, 3.63) is 35.0 Å². The summed E-state index contributed by atoms with van der Waals surface area (Å²) in [5.74, 6) is -1.43. The number of nitrogens with zero attached hydrogens (tertiary/aromatic N) is 2. The molecule has 0 aliphatic rings. The van der Waals surface area contributed by atoms with Gasteiger partial charge in [0, 0.05) is 6.20 Å². The zero-order chi connectivity index (χ0) is 16.1. The molecule has 1 atom stereocenters. The number of carboxylic acids is 1. The van der Waals surface area contributed by atoms with Crippen LogP contribution in [-0.4, -0.2) is 33.0 Å². The number of carbonyl (C=O) groups excluding carboxylic acids is 1. The van der Waals surface area contributed by atoms with Crippen molar-refractivity contribution < 1.29 is 14.7 Å². The normalized spacial score (nSPS) is 11.9. The highest BCUT2D eigenvalue weighted by molar-refractivity contribution is 7.17. The van der Waals surface area contributed by atoms with Gasteiger partial charge in [-0.25, -0.2) is 9.78 Å². The number of carbonyl (C=O) groups is 2. The van der Waals surface area contributed by atoms with Gasteiger partial charge < -0.3 is 10.4 Å². The van der Waals surface area contributed by atoms with Gasteiger partial charge in [0.05, 0.1) is 11.4 Å². The van der Waals surface area contributed by atoms with E-state index in [1.54, 1.807) is 19.2 Å². The molecule has 22 heavy (non-hydrogen) atoms. The van der Waals surface area contributed by atoms with E-state index in [9.17, 15) is 9.59 Å². The summed E-state index contributed by atoms with van der Waals surface area (Å²) in [5, 5.41) is 12.3. The first-order valence-electron chi connectivity index (χ1n) is 6.95. The summed E-state index contributed by atoms with van der Waals surface area (Å²) in [6, 6.07) is 4.59. The zero-order valence-corrected chi connectivity index (χ0v) is 13.2. The Hall–Kier alpha value is -2.28. The van der Waals surface area contributed by atoms with Gasteiger partial charge in [0.15, 0.2) is 0 Å². The molecular formula is C15H17N3O3S. The number of pyridine rings is 1. The fourth-order valence-corrected chi connectivity index (χ4v) is 2.92. The highest BCUT2D eigenvalue weighted by Gasteiger charge is 2.23. The summed E-state index contributed by atoms with van der Waals surface area (Å²) in [5.41, 5.74) is 1.27. The quantitative estimate of drug-likeness (QED) is 0.853. The van der Waals surface area contributed by atoms with E-state index < -0.39 is 17.9 Å².